The number of carbonyl (C=O) groups excluding carboxylic acids is 1. The third kappa shape index (κ3) is 2.11. The van der Waals surface area contributed by atoms with Crippen LogP contribution >= 0.6 is 0 Å². The monoisotopic (exact) mass is 258 g/mol. The third-order valence-electron chi connectivity index (χ3n) is 2.67. The van der Waals surface area contributed by atoms with Gasteiger partial charge in [-0.15, -0.1) is 0 Å². The van der Waals surface area contributed by atoms with Gasteiger partial charge in [0.05, 0.1) is 35.6 Å². The Morgan fingerprint density at radius 3 is 2.95 bits per heavy atom. The highest BCUT2D eigenvalue weighted by molar-refractivity contribution is 5.88. The molecular formula is C12H10N4O3. The molecule has 0 spiro atoms. The second-order valence-corrected chi connectivity index (χ2v) is 3.79. The first-order chi connectivity index (χ1) is 9.08. The van der Waals surface area contributed by atoms with Crippen molar-refractivity contribution in [1.29, 1.82) is 5.26 Å². The van der Waals surface area contributed by atoms with Crippen LogP contribution in [-0.2, 0) is 16.1 Å². The summed E-state index contributed by atoms with van der Waals surface area (Å²) >= 11 is 0. The van der Waals surface area contributed by atoms with Crippen molar-refractivity contribution in [3.8, 4) is 6.07 Å². The van der Waals surface area contributed by atoms with E-state index in [-0.39, 0.29) is 23.2 Å². The smallest absolute Gasteiger partial charge is 0.325 e. The zero-order chi connectivity index (χ0) is 14.0. The highest BCUT2D eigenvalue weighted by Gasteiger charge is 2.13. The molecule has 0 bridgehead atoms. The number of hydrogen-bond donors (Lipinski definition) is 1. The van der Waals surface area contributed by atoms with Gasteiger partial charge in [0.25, 0.3) is 5.56 Å². The molecule has 0 aliphatic heterocycles. The molecule has 0 amide bonds. The average Bonchev–Trinajstić information content (AvgIpc) is 2.42. The van der Waals surface area contributed by atoms with Gasteiger partial charge in [-0.05, 0) is 12.1 Å². The van der Waals surface area contributed by atoms with Crippen molar-refractivity contribution in [2.75, 3.05) is 12.8 Å². The maximum atomic E-state index is 12.2. The lowest BCUT2D eigenvalue weighted by atomic mass is 10.1. The van der Waals surface area contributed by atoms with Crippen molar-refractivity contribution in [2.45, 2.75) is 6.54 Å². The number of aromatic nitrogens is 2. The minimum Gasteiger partial charge on any atom is -0.468 e. The molecule has 1 heterocycles. The number of nitriles is 1. The first kappa shape index (κ1) is 12.6. The molecule has 19 heavy (non-hydrogen) atoms. The lowest BCUT2D eigenvalue weighted by molar-refractivity contribution is -0.141. The second-order valence-electron chi connectivity index (χ2n) is 3.79. The van der Waals surface area contributed by atoms with Crippen LogP contribution in [0.1, 0.15) is 5.56 Å². The number of hydrogen-bond acceptors (Lipinski definition) is 6. The highest BCUT2D eigenvalue weighted by atomic mass is 16.5. The van der Waals surface area contributed by atoms with E-state index < -0.39 is 11.5 Å². The summed E-state index contributed by atoms with van der Waals surface area (Å²) < 4.78 is 5.56. The summed E-state index contributed by atoms with van der Waals surface area (Å²) in [5, 5.41) is 9.17. The van der Waals surface area contributed by atoms with Crippen LogP contribution < -0.4 is 11.3 Å². The fourth-order valence-electron chi connectivity index (χ4n) is 1.70. The molecule has 2 rings (SSSR count). The standard InChI is InChI=1S/C12H10N4O3/c1-19-10(17)5-16-6-15-9-3-2-8(14)7(4-13)11(9)12(16)18/h2-3,6H,5,14H2,1H3. The molecule has 0 saturated carbocycles. The topological polar surface area (TPSA) is 111 Å². The second kappa shape index (κ2) is 4.78. The molecule has 2 N–H and O–H groups in total. The summed E-state index contributed by atoms with van der Waals surface area (Å²) in [6.45, 7) is -0.266. The van der Waals surface area contributed by atoms with Gasteiger partial charge in [-0.1, -0.05) is 0 Å². The van der Waals surface area contributed by atoms with Gasteiger partial charge in [0.15, 0.2) is 0 Å². The summed E-state index contributed by atoms with van der Waals surface area (Å²) in [5.41, 5.74) is 5.77. The van der Waals surface area contributed by atoms with E-state index in [1.807, 2.05) is 6.07 Å². The molecule has 0 aliphatic carbocycles. The van der Waals surface area contributed by atoms with Gasteiger partial charge >= 0.3 is 5.97 Å². The molecule has 2 aromatic rings. The fourth-order valence-corrected chi connectivity index (χ4v) is 1.70. The van der Waals surface area contributed by atoms with E-state index in [0.29, 0.717) is 5.52 Å². The lowest BCUT2D eigenvalue weighted by Gasteiger charge is -2.07. The Balaban J connectivity index is 2.74. The molecule has 0 unspecified atom stereocenters. The molecule has 0 saturated heterocycles. The van der Waals surface area contributed by atoms with Gasteiger partial charge < -0.3 is 10.5 Å². The Morgan fingerprint density at radius 1 is 1.58 bits per heavy atom. The largest absolute Gasteiger partial charge is 0.468 e. The number of methoxy groups -OCH3 is 1. The summed E-state index contributed by atoms with van der Waals surface area (Å²) in [6.07, 6.45) is 1.24. The SMILES string of the molecule is COC(=O)Cn1cnc2ccc(N)c(C#N)c2c1=O. The number of nitrogen functional groups attached to an aromatic ring is 1. The molecule has 0 atom stereocenters. The van der Waals surface area contributed by atoms with Crippen LogP contribution in [0.15, 0.2) is 23.3 Å². The molecule has 0 fully saturated rings. The Labute approximate surface area is 107 Å². The van der Waals surface area contributed by atoms with Crippen LogP contribution in [0.5, 0.6) is 0 Å². The van der Waals surface area contributed by atoms with Crippen molar-refractivity contribution in [3.05, 3.63) is 34.4 Å². The third-order valence-corrected chi connectivity index (χ3v) is 2.67. The zero-order valence-electron chi connectivity index (χ0n) is 10.1. The molecule has 7 heteroatoms. The van der Waals surface area contributed by atoms with Crippen molar-refractivity contribution >= 4 is 22.6 Å². The minimum atomic E-state index is -0.578. The number of nitrogens with zero attached hydrogens (tertiary/aromatic N) is 3. The normalized spacial score (nSPS) is 10.1. The average molecular weight is 258 g/mol. The lowest BCUT2D eigenvalue weighted by Crippen LogP contribution is -2.25. The predicted molar refractivity (Wildman–Crippen MR) is 67.1 cm³/mol. The number of rotatable bonds is 2. The maximum Gasteiger partial charge on any atom is 0.325 e. The van der Waals surface area contributed by atoms with E-state index in [4.69, 9.17) is 11.0 Å². The van der Waals surface area contributed by atoms with E-state index in [1.165, 1.54) is 19.5 Å². The highest BCUT2D eigenvalue weighted by Crippen LogP contribution is 2.18. The van der Waals surface area contributed by atoms with Gasteiger partial charge in [-0.3, -0.25) is 14.2 Å². The van der Waals surface area contributed by atoms with E-state index in [1.54, 1.807) is 6.07 Å². The molecule has 1 aromatic heterocycles. The van der Waals surface area contributed by atoms with Crippen molar-refractivity contribution in [3.63, 3.8) is 0 Å². The first-order valence-corrected chi connectivity index (χ1v) is 5.33. The Morgan fingerprint density at radius 2 is 2.32 bits per heavy atom. The Kier molecular flexibility index (Phi) is 3.16. The number of esters is 1. The number of nitrogens with two attached hydrogens (primary N) is 1. The van der Waals surface area contributed by atoms with E-state index in [9.17, 15) is 9.59 Å². The molecule has 7 nitrogen and oxygen atoms in total. The van der Waals surface area contributed by atoms with E-state index in [0.717, 1.165) is 4.57 Å². The zero-order valence-corrected chi connectivity index (χ0v) is 10.1. The molecule has 96 valence electrons. The van der Waals surface area contributed by atoms with Crippen LogP contribution in [0.3, 0.4) is 0 Å². The van der Waals surface area contributed by atoms with E-state index in [2.05, 4.69) is 9.72 Å². The summed E-state index contributed by atoms with van der Waals surface area (Å²) in [6, 6.07) is 4.94. The fraction of sp³-hybridized carbons (Fsp3) is 0.167. The van der Waals surface area contributed by atoms with Gasteiger partial charge in [0, 0.05) is 0 Å². The predicted octanol–water partition coefficient (Wildman–Crippen LogP) is 0.0234. The van der Waals surface area contributed by atoms with Crippen molar-refractivity contribution in [1.82, 2.24) is 9.55 Å². The molecule has 0 radical (unpaired) electrons. The number of anilines is 1. The van der Waals surface area contributed by atoms with Crippen LogP contribution in [-0.4, -0.2) is 22.6 Å². The summed E-state index contributed by atoms with van der Waals surface area (Å²) in [5.74, 6) is -0.578. The van der Waals surface area contributed by atoms with E-state index >= 15 is 0 Å². The minimum absolute atomic E-state index is 0.0641. The van der Waals surface area contributed by atoms with Crippen LogP contribution in [0.2, 0.25) is 0 Å². The van der Waals surface area contributed by atoms with Gasteiger partial charge in [-0.2, -0.15) is 5.26 Å². The van der Waals surface area contributed by atoms with Gasteiger partial charge in [-0.25, -0.2) is 4.98 Å². The maximum absolute atomic E-state index is 12.2. The summed E-state index contributed by atoms with van der Waals surface area (Å²) in [4.78, 5) is 27.4. The van der Waals surface area contributed by atoms with Crippen LogP contribution in [0, 0.1) is 11.3 Å². The van der Waals surface area contributed by atoms with Gasteiger partial charge in [0.1, 0.15) is 12.6 Å². The number of benzene rings is 1. The van der Waals surface area contributed by atoms with Crippen LogP contribution in [0.4, 0.5) is 5.69 Å². The van der Waals surface area contributed by atoms with Crippen LogP contribution in [0.25, 0.3) is 10.9 Å². The Hall–Kier alpha value is -2.88. The van der Waals surface area contributed by atoms with Gasteiger partial charge in [0.2, 0.25) is 0 Å². The first-order valence-electron chi connectivity index (χ1n) is 5.33. The molecule has 1 aromatic carbocycles. The van der Waals surface area contributed by atoms with Crippen molar-refractivity contribution in [2.24, 2.45) is 0 Å². The molecular weight excluding hydrogens is 248 g/mol. The van der Waals surface area contributed by atoms with Crippen molar-refractivity contribution < 1.29 is 9.53 Å². The number of fused-ring (bicyclic) bond motifs is 1. The Bertz CT molecular complexity index is 758. The molecule has 0 aliphatic rings. The summed E-state index contributed by atoms with van der Waals surface area (Å²) in [7, 11) is 1.22. The number of carbonyl (C=O) groups is 1. The quantitative estimate of drug-likeness (QED) is 0.600. The number of ether oxygens (including phenoxy) is 1.